The number of carbonyl (C=O) groups is 1. The fourth-order valence-corrected chi connectivity index (χ4v) is 5.09. The topological polar surface area (TPSA) is 80.1 Å². The lowest BCUT2D eigenvalue weighted by molar-refractivity contribution is 0.0666. The molecule has 2 aromatic carbocycles. The van der Waals surface area contributed by atoms with Crippen LogP contribution < -0.4 is 4.74 Å². The normalized spacial score (nSPS) is 15.7. The van der Waals surface area contributed by atoms with E-state index in [9.17, 15) is 13.2 Å². The van der Waals surface area contributed by atoms with Crippen LogP contribution in [0.1, 0.15) is 10.6 Å². The van der Waals surface area contributed by atoms with Crippen LogP contribution in [0, 0.1) is 0 Å². The Balaban J connectivity index is 1.59. The van der Waals surface area contributed by atoms with Gasteiger partial charge in [-0.25, -0.2) is 8.42 Å². The van der Waals surface area contributed by atoms with E-state index in [4.69, 9.17) is 9.15 Å². The van der Waals surface area contributed by atoms with Crippen molar-refractivity contribution >= 4 is 26.7 Å². The maximum Gasteiger partial charge on any atom is 0.289 e. The summed E-state index contributed by atoms with van der Waals surface area (Å²) in [5, 5.41) is 1.37. The van der Waals surface area contributed by atoms with Crippen molar-refractivity contribution in [1.29, 1.82) is 0 Å². The average molecular weight is 400 g/mol. The predicted molar refractivity (Wildman–Crippen MR) is 104 cm³/mol. The van der Waals surface area contributed by atoms with E-state index in [1.54, 1.807) is 48.4 Å². The Hall–Kier alpha value is -2.84. The van der Waals surface area contributed by atoms with Crippen molar-refractivity contribution in [3.63, 3.8) is 0 Å². The molecule has 0 radical (unpaired) electrons. The van der Waals surface area contributed by atoms with Crippen molar-refractivity contribution in [3.8, 4) is 5.75 Å². The number of rotatable bonds is 4. The van der Waals surface area contributed by atoms with Crippen LogP contribution in [0.3, 0.4) is 0 Å². The first-order valence-corrected chi connectivity index (χ1v) is 10.3. The number of hydrogen-bond acceptors (Lipinski definition) is 5. The Morgan fingerprint density at radius 1 is 0.964 bits per heavy atom. The molecular formula is C20H20N2O5S. The smallest absolute Gasteiger partial charge is 0.289 e. The minimum Gasteiger partial charge on any atom is -0.496 e. The molecule has 1 aromatic heterocycles. The second-order valence-corrected chi connectivity index (χ2v) is 8.39. The molecule has 7 nitrogen and oxygen atoms in total. The van der Waals surface area contributed by atoms with E-state index in [2.05, 4.69) is 0 Å². The number of carbonyl (C=O) groups excluding carboxylic acids is 1. The van der Waals surface area contributed by atoms with Gasteiger partial charge in [0.2, 0.25) is 10.0 Å². The highest BCUT2D eigenvalue weighted by molar-refractivity contribution is 7.89. The van der Waals surface area contributed by atoms with Crippen LogP contribution in [0.25, 0.3) is 10.8 Å². The number of nitrogens with zero attached hydrogens (tertiary/aromatic N) is 2. The van der Waals surface area contributed by atoms with Crippen LogP contribution in [0.4, 0.5) is 0 Å². The lowest BCUT2D eigenvalue weighted by Crippen LogP contribution is -2.50. The number of methoxy groups -OCH3 is 1. The van der Waals surface area contributed by atoms with Gasteiger partial charge in [-0.05, 0) is 24.3 Å². The van der Waals surface area contributed by atoms with E-state index in [0.29, 0.717) is 24.2 Å². The van der Waals surface area contributed by atoms with Gasteiger partial charge >= 0.3 is 0 Å². The molecule has 8 heteroatoms. The third-order valence-electron chi connectivity index (χ3n) is 4.94. The number of furan rings is 1. The third kappa shape index (κ3) is 3.14. The molecule has 146 valence electrons. The monoisotopic (exact) mass is 400 g/mol. The first-order chi connectivity index (χ1) is 13.5. The highest BCUT2D eigenvalue weighted by Crippen LogP contribution is 2.32. The lowest BCUT2D eigenvalue weighted by Gasteiger charge is -2.33. The van der Waals surface area contributed by atoms with Gasteiger partial charge in [-0.15, -0.1) is 0 Å². The number of hydrogen-bond donors (Lipinski definition) is 0. The van der Waals surface area contributed by atoms with Gasteiger partial charge in [-0.2, -0.15) is 4.31 Å². The Morgan fingerprint density at radius 2 is 1.68 bits per heavy atom. The Morgan fingerprint density at radius 3 is 2.32 bits per heavy atom. The van der Waals surface area contributed by atoms with Crippen LogP contribution in [0.2, 0.25) is 0 Å². The molecule has 0 spiro atoms. The number of piperazine rings is 1. The van der Waals surface area contributed by atoms with Gasteiger partial charge < -0.3 is 14.1 Å². The highest BCUT2D eigenvalue weighted by atomic mass is 32.2. The molecule has 0 aliphatic carbocycles. The summed E-state index contributed by atoms with van der Waals surface area (Å²) in [6, 6.07) is 13.8. The zero-order valence-corrected chi connectivity index (χ0v) is 16.2. The first-order valence-electron chi connectivity index (χ1n) is 8.91. The fraction of sp³-hybridized carbons (Fsp3) is 0.250. The molecule has 4 rings (SSSR count). The summed E-state index contributed by atoms with van der Waals surface area (Å²) < 4.78 is 38.5. The van der Waals surface area contributed by atoms with Crippen molar-refractivity contribution in [2.75, 3.05) is 33.3 Å². The van der Waals surface area contributed by atoms with Crippen LogP contribution in [-0.2, 0) is 10.0 Å². The second kappa shape index (κ2) is 7.29. The molecule has 0 unspecified atom stereocenters. The van der Waals surface area contributed by atoms with E-state index >= 15 is 0 Å². The van der Waals surface area contributed by atoms with Crippen molar-refractivity contribution in [3.05, 3.63) is 60.6 Å². The van der Waals surface area contributed by atoms with Gasteiger partial charge in [0.1, 0.15) is 5.75 Å². The van der Waals surface area contributed by atoms with Crippen molar-refractivity contribution in [2.24, 2.45) is 0 Å². The lowest BCUT2D eigenvalue weighted by atomic mass is 10.1. The summed E-state index contributed by atoms with van der Waals surface area (Å²) in [6.07, 6.45) is 1.45. The Kier molecular flexibility index (Phi) is 4.82. The molecule has 28 heavy (non-hydrogen) atoms. The summed E-state index contributed by atoms with van der Waals surface area (Å²) >= 11 is 0. The molecule has 0 saturated carbocycles. The first kappa shape index (κ1) is 18.5. The Bertz CT molecular complexity index is 1100. The number of benzene rings is 2. The van der Waals surface area contributed by atoms with Crippen LogP contribution in [-0.4, -0.2) is 56.8 Å². The molecule has 1 fully saturated rings. The predicted octanol–water partition coefficient (Wildman–Crippen LogP) is 2.59. The molecule has 1 saturated heterocycles. The SMILES string of the molecule is COc1ccc(S(=O)(=O)N2CCN(C(=O)c3ccco3)CC2)c2ccccc12. The van der Waals surface area contributed by atoms with Crippen molar-refractivity contribution in [1.82, 2.24) is 9.21 Å². The number of ether oxygens (including phenoxy) is 1. The third-order valence-corrected chi connectivity index (χ3v) is 6.90. The van der Waals surface area contributed by atoms with Crippen LogP contribution in [0.5, 0.6) is 5.75 Å². The zero-order chi connectivity index (χ0) is 19.7. The fourth-order valence-electron chi connectivity index (χ4n) is 3.47. The molecular weight excluding hydrogens is 380 g/mol. The van der Waals surface area contributed by atoms with Gasteiger partial charge in [0.05, 0.1) is 18.3 Å². The standard InChI is InChI=1S/C20H20N2O5S/c1-26-17-8-9-19(16-6-3-2-5-15(16)17)28(24,25)22-12-10-21(11-13-22)20(23)18-7-4-14-27-18/h2-9,14H,10-13H2,1H3. The summed E-state index contributed by atoms with van der Waals surface area (Å²) in [6.45, 7) is 1.09. The molecule has 1 amide bonds. The highest BCUT2D eigenvalue weighted by Gasteiger charge is 2.32. The second-order valence-electron chi connectivity index (χ2n) is 6.49. The van der Waals surface area contributed by atoms with Crippen molar-refractivity contribution in [2.45, 2.75) is 4.90 Å². The van der Waals surface area contributed by atoms with E-state index in [1.165, 1.54) is 10.6 Å². The molecule has 1 aliphatic rings. The summed E-state index contributed by atoms with van der Waals surface area (Å²) in [5.74, 6) is 0.665. The molecule has 1 aliphatic heterocycles. The largest absolute Gasteiger partial charge is 0.496 e. The van der Waals surface area contributed by atoms with E-state index in [1.807, 2.05) is 12.1 Å². The van der Waals surface area contributed by atoms with Gasteiger partial charge in [0.25, 0.3) is 5.91 Å². The maximum absolute atomic E-state index is 13.3. The number of fused-ring (bicyclic) bond motifs is 1. The van der Waals surface area contributed by atoms with Gasteiger partial charge in [0, 0.05) is 37.0 Å². The molecule has 2 heterocycles. The number of amides is 1. The maximum atomic E-state index is 13.3. The van der Waals surface area contributed by atoms with Gasteiger partial charge in [-0.1, -0.05) is 24.3 Å². The minimum absolute atomic E-state index is 0.225. The number of sulfonamides is 1. The van der Waals surface area contributed by atoms with E-state index in [0.717, 1.165) is 5.39 Å². The quantitative estimate of drug-likeness (QED) is 0.673. The summed E-state index contributed by atoms with van der Waals surface area (Å²) in [4.78, 5) is 14.2. The Labute approximate surface area is 163 Å². The van der Waals surface area contributed by atoms with Crippen LogP contribution in [0.15, 0.2) is 64.1 Å². The molecule has 0 bridgehead atoms. The minimum atomic E-state index is -3.70. The van der Waals surface area contributed by atoms with Crippen molar-refractivity contribution < 1.29 is 22.4 Å². The van der Waals surface area contributed by atoms with Crippen LogP contribution >= 0.6 is 0 Å². The van der Waals surface area contributed by atoms with Gasteiger partial charge in [-0.3, -0.25) is 4.79 Å². The molecule has 3 aromatic rings. The van der Waals surface area contributed by atoms with E-state index in [-0.39, 0.29) is 29.7 Å². The average Bonchev–Trinajstić information content (AvgIpc) is 3.27. The summed E-state index contributed by atoms with van der Waals surface area (Å²) in [5.41, 5.74) is 0. The van der Waals surface area contributed by atoms with E-state index < -0.39 is 10.0 Å². The van der Waals surface area contributed by atoms with Gasteiger partial charge in [0.15, 0.2) is 5.76 Å². The zero-order valence-electron chi connectivity index (χ0n) is 15.4. The molecule has 0 atom stereocenters. The molecule has 0 N–H and O–H groups in total. The summed E-state index contributed by atoms with van der Waals surface area (Å²) in [7, 11) is -2.14.